The molecule has 1 saturated carbocycles. The molecule has 2 saturated heterocycles. The fourth-order valence-corrected chi connectivity index (χ4v) is 5.20. The van der Waals surface area contributed by atoms with Crippen LogP contribution in [-0.4, -0.2) is 78.7 Å². The summed E-state index contributed by atoms with van der Waals surface area (Å²) < 4.78 is 0. The number of ketones is 1. The first-order valence-electron chi connectivity index (χ1n) is 11.8. The Bertz CT molecular complexity index is 506. The number of hydrogen-bond acceptors (Lipinski definition) is 4. The molecule has 0 aromatic heterocycles. The molecule has 29 heavy (non-hydrogen) atoms. The van der Waals surface area contributed by atoms with E-state index in [0.29, 0.717) is 18.1 Å². The Balaban J connectivity index is 0.00000300. The average Bonchev–Trinajstić information content (AvgIpc) is 2.74. The maximum atomic E-state index is 12.9. The molecule has 1 amide bonds. The SMILES string of the molecule is CCC(=O)C1CCC(C(=O)N2CCN(CCCN3CCC(C)CC3)CC2)CC1.[Y]. The Morgan fingerprint density at radius 1 is 0.759 bits per heavy atom. The van der Waals surface area contributed by atoms with Crippen LogP contribution < -0.4 is 0 Å². The van der Waals surface area contributed by atoms with Gasteiger partial charge in [0.25, 0.3) is 0 Å². The zero-order valence-corrected chi connectivity index (χ0v) is 21.6. The van der Waals surface area contributed by atoms with Crippen LogP contribution in [0.1, 0.15) is 65.2 Å². The fourth-order valence-electron chi connectivity index (χ4n) is 5.20. The molecule has 1 aliphatic carbocycles. The monoisotopic (exact) mass is 480 g/mol. The molecule has 3 aliphatic rings. The standard InChI is InChI=1S/C23H41N3O2.Y/c1-3-22(27)20-5-7-21(8-6-20)23(28)26-17-15-25(16-18-26)12-4-11-24-13-9-19(2)10-14-24;/h19-21H,3-18H2,1-2H3;. The molecule has 0 aromatic rings. The second kappa shape index (κ2) is 12.9. The van der Waals surface area contributed by atoms with E-state index >= 15 is 0 Å². The van der Waals surface area contributed by atoms with Crippen molar-refractivity contribution in [3.8, 4) is 0 Å². The first-order valence-corrected chi connectivity index (χ1v) is 11.8. The van der Waals surface area contributed by atoms with Crippen LogP contribution in [-0.2, 0) is 42.3 Å². The molecule has 3 fully saturated rings. The van der Waals surface area contributed by atoms with E-state index in [-0.39, 0.29) is 44.5 Å². The van der Waals surface area contributed by atoms with Gasteiger partial charge in [0.05, 0.1) is 0 Å². The summed E-state index contributed by atoms with van der Waals surface area (Å²) in [5, 5.41) is 0. The summed E-state index contributed by atoms with van der Waals surface area (Å²) in [7, 11) is 0. The number of likely N-dealkylation sites (tertiary alicyclic amines) is 1. The van der Waals surface area contributed by atoms with Crippen molar-refractivity contribution in [2.24, 2.45) is 17.8 Å². The van der Waals surface area contributed by atoms with Crippen molar-refractivity contribution in [1.29, 1.82) is 0 Å². The maximum absolute atomic E-state index is 12.9. The average molecular weight is 481 g/mol. The van der Waals surface area contributed by atoms with Gasteiger partial charge >= 0.3 is 0 Å². The molecule has 163 valence electrons. The van der Waals surface area contributed by atoms with Crippen LogP contribution in [0.4, 0.5) is 0 Å². The van der Waals surface area contributed by atoms with Gasteiger partial charge in [-0.1, -0.05) is 13.8 Å². The second-order valence-electron chi connectivity index (χ2n) is 9.41. The van der Waals surface area contributed by atoms with Gasteiger partial charge in [-0.15, -0.1) is 0 Å². The molecule has 0 spiro atoms. The molecule has 6 heteroatoms. The largest absolute Gasteiger partial charge is 0.340 e. The fraction of sp³-hybridized carbons (Fsp3) is 0.913. The molecular weight excluding hydrogens is 439 g/mol. The first kappa shape index (κ1) is 25.4. The maximum Gasteiger partial charge on any atom is 0.225 e. The van der Waals surface area contributed by atoms with Crippen molar-refractivity contribution in [2.45, 2.75) is 65.2 Å². The second-order valence-corrected chi connectivity index (χ2v) is 9.41. The Morgan fingerprint density at radius 3 is 1.83 bits per heavy atom. The van der Waals surface area contributed by atoms with Crippen LogP contribution in [0.25, 0.3) is 0 Å². The van der Waals surface area contributed by atoms with Crippen molar-refractivity contribution in [3.05, 3.63) is 0 Å². The summed E-state index contributed by atoms with van der Waals surface area (Å²) >= 11 is 0. The van der Waals surface area contributed by atoms with Gasteiger partial charge in [0.1, 0.15) is 5.78 Å². The van der Waals surface area contributed by atoms with E-state index in [1.807, 2.05) is 6.92 Å². The van der Waals surface area contributed by atoms with Crippen molar-refractivity contribution >= 4 is 11.7 Å². The minimum absolute atomic E-state index is 0. The quantitative estimate of drug-likeness (QED) is 0.562. The summed E-state index contributed by atoms with van der Waals surface area (Å²) in [6.07, 6.45) is 8.25. The van der Waals surface area contributed by atoms with Crippen LogP contribution >= 0.6 is 0 Å². The Hall–Kier alpha value is 0.164. The number of amides is 1. The minimum Gasteiger partial charge on any atom is -0.340 e. The smallest absolute Gasteiger partial charge is 0.225 e. The number of carbonyl (C=O) groups excluding carboxylic acids is 2. The van der Waals surface area contributed by atoms with Gasteiger partial charge in [-0.25, -0.2) is 0 Å². The van der Waals surface area contributed by atoms with E-state index in [4.69, 9.17) is 0 Å². The first-order chi connectivity index (χ1) is 13.6. The number of Topliss-reactive ketones (excluding diaryl/α,β-unsaturated/α-hetero) is 1. The molecule has 2 heterocycles. The van der Waals surface area contributed by atoms with Crippen LogP contribution in [0.2, 0.25) is 0 Å². The molecule has 0 aromatic carbocycles. The molecule has 2 aliphatic heterocycles. The predicted octanol–water partition coefficient (Wildman–Crippen LogP) is 3.04. The number of rotatable bonds is 7. The molecule has 0 atom stereocenters. The molecule has 1 radical (unpaired) electrons. The molecule has 0 bridgehead atoms. The number of carbonyl (C=O) groups is 2. The van der Waals surface area contributed by atoms with Gasteiger partial charge in [0.2, 0.25) is 5.91 Å². The van der Waals surface area contributed by atoms with Crippen LogP contribution in [0.3, 0.4) is 0 Å². The minimum atomic E-state index is 0. The van der Waals surface area contributed by atoms with E-state index in [0.717, 1.165) is 57.8 Å². The molecular formula is C23H41N3O2Y. The van der Waals surface area contributed by atoms with Gasteiger partial charge < -0.3 is 9.80 Å². The van der Waals surface area contributed by atoms with Crippen LogP contribution in [0.15, 0.2) is 0 Å². The Labute approximate surface area is 203 Å². The summed E-state index contributed by atoms with van der Waals surface area (Å²) in [6.45, 7) is 13.1. The molecule has 0 N–H and O–H groups in total. The van der Waals surface area contributed by atoms with Gasteiger partial charge in [-0.3, -0.25) is 14.5 Å². The van der Waals surface area contributed by atoms with Crippen molar-refractivity contribution in [3.63, 3.8) is 0 Å². The van der Waals surface area contributed by atoms with E-state index in [2.05, 4.69) is 21.6 Å². The van der Waals surface area contributed by atoms with Crippen molar-refractivity contribution < 1.29 is 42.3 Å². The van der Waals surface area contributed by atoms with Gasteiger partial charge in [0, 0.05) is 77.1 Å². The van der Waals surface area contributed by atoms with Crippen molar-refractivity contribution in [1.82, 2.24) is 14.7 Å². The number of piperidine rings is 1. The van der Waals surface area contributed by atoms with Gasteiger partial charge in [-0.2, -0.15) is 0 Å². The van der Waals surface area contributed by atoms with Crippen molar-refractivity contribution in [2.75, 3.05) is 52.4 Å². The third-order valence-corrected chi connectivity index (χ3v) is 7.39. The van der Waals surface area contributed by atoms with E-state index in [9.17, 15) is 9.59 Å². The third-order valence-electron chi connectivity index (χ3n) is 7.39. The summed E-state index contributed by atoms with van der Waals surface area (Å²) in [5.74, 6) is 2.02. The summed E-state index contributed by atoms with van der Waals surface area (Å²) in [5.41, 5.74) is 0. The summed E-state index contributed by atoms with van der Waals surface area (Å²) in [4.78, 5) is 32.0. The van der Waals surface area contributed by atoms with E-state index in [1.165, 1.54) is 45.4 Å². The third kappa shape index (κ3) is 7.66. The molecule has 0 unspecified atom stereocenters. The predicted molar refractivity (Wildman–Crippen MR) is 113 cm³/mol. The normalized spacial score (nSPS) is 27.4. The topological polar surface area (TPSA) is 43.9 Å². The Kier molecular flexibility index (Phi) is 11.3. The van der Waals surface area contributed by atoms with E-state index < -0.39 is 0 Å². The zero-order chi connectivity index (χ0) is 19.9. The van der Waals surface area contributed by atoms with Crippen LogP contribution in [0.5, 0.6) is 0 Å². The molecule has 5 nitrogen and oxygen atoms in total. The number of piperazine rings is 1. The zero-order valence-electron chi connectivity index (χ0n) is 18.8. The summed E-state index contributed by atoms with van der Waals surface area (Å²) in [6, 6.07) is 0. The van der Waals surface area contributed by atoms with E-state index in [1.54, 1.807) is 0 Å². The van der Waals surface area contributed by atoms with Gasteiger partial charge in [0.15, 0.2) is 0 Å². The molecule has 3 rings (SSSR count). The number of hydrogen-bond donors (Lipinski definition) is 0. The van der Waals surface area contributed by atoms with Gasteiger partial charge in [-0.05, 0) is 77.0 Å². The van der Waals surface area contributed by atoms with Crippen LogP contribution in [0, 0.1) is 17.8 Å². The Morgan fingerprint density at radius 2 is 1.28 bits per heavy atom. The number of nitrogens with zero attached hydrogens (tertiary/aromatic N) is 3.